The molecule has 0 saturated carbocycles. The van der Waals surface area contributed by atoms with E-state index in [0.717, 1.165) is 5.56 Å². The van der Waals surface area contributed by atoms with Gasteiger partial charge in [0.05, 0.1) is 5.92 Å². The minimum absolute atomic E-state index is 0.0365. The maximum absolute atomic E-state index is 12.8. The van der Waals surface area contributed by atoms with Gasteiger partial charge in [-0.05, 0) is 37.6 Å². The Morgan fingerprint density at radius 3 is 2.55 bits per heavy atom. The number of nitrogens with one attached hydrogen (secondary N) is 1. The predicted octanol–water partition coefficient (Wildman–Crippen LogP) is 4.07. The Hall–Kier alpha value is -2.96. The fourth-order valence-corrected chi connectivity index (χ4v) is 3.47. The Morgan fingerprint density at radius 1 is 1.21 bits per heavy atom. The van der Waals surface area contributed by atoms with Crippen LogP contribution in [-0.2, 0) is 16.0 Å². The summed E-state index contributed by atoms with van der Waals surface area (Å²) in [6.07, 6.45) is 0.559. The van der Waals surface area contributed by atoms with Gasteiger partial charge in [0.2, 0.25) is 11.8 Å². The number of ether oxygens (including phenoxy) is 1. The van der Waals surface area contributed by atoms with Crippen LogP contribution in [0.5, 0.6) is 5.75 Å². The van der Waals surface area contributed by atoms with Crippen LogP contribution in [0.3, 0.4) is 0 Å². The first-order valence-corrected chi connectivity index (χ1v) is 9.55. The van der Waals surface area contributed by atoms with Crippen molar-refractivity contribution in [2.75, 3.05) is 11.9 Å². The molecule has 0 aromatic heterocycles. The smallest absolute Gasteiger partial charge is 0.387 e. The van der Waals surface area contributed by atoms with E-state index >= 15 is 0 Å². The monoisotopic (exact) mass is 402 g/mol. The number of rotatable bonds is 7. The van der Waals surface area contributed by atoms with E-state index < -0.39 is 12.5 Å². The van der Waals surface area contributed by atoms with E-state index in [4.69, 9.17) is 0 Å². The number of carbonyl (C=O) groups is 2. The van der Waals surface area contributed by atoms with Gasteiger partial charge in [0.15, 0.2) is 0 Å². The maximum Gasteiger partial charge on any atom is 0.387 e. The summed E-state index contributed by atoms with van der Waals surface area (Å²) < 4.78 is 30.2. The van der Waals surface area contributed by atoms with Gasteiger partial charge in [-0.1, -0.05) is 30.3 Å². The number of amides is 2. The number of nitrogens with zero attached hydrogens (tertiary/aromatic N) is 1. The van der Waals surface area contributed by atoms with Gasteiger partial charge in [0, 0.05) is 36.7 Å². The Balaban J connectivity index is 1.76. The lowest BCUT2D eigenvalue weighted by atomic mass is 10.0. The van der Waals surface area contributed by atoms with E-state index in [2.05, 4.69) is 10.1 Å². The van der Waals surface area contributed by atoms with Crippen LogP contribution in [0.15, 0.2) is 48.5 Å². The Bertz CT molecular complexity index is 872. The molecule has 2 aromatic rings. The number of alkyl halides is 2. The molecular weight excluding hydrogens is 378 g/mol. The molecule has 0 spiro atoms. The van der Waals surface area contributed by atoms with Crippen molar-refractivity contribution in [1.82, 2.24) is 4.90 Å². The zero-order valence-electron chi connectivity index (χ0n) is 16.4. The molecule has 1 saturated heterocycles. The highest BCUT2D eigenvalue weighted by Crippen LogP contribution is 2.28. The zero-order chi connectivity index (χ0) is 21.0. The Labute approximate surface area is 168 Å². The van der Waals surface area contributed by atoms with Gasteiger partial charge in [0.25, 0.3) is 0 Å². The molecule has 0 aliphatic carbocycles. The van der Waals surface area contributed by atoms with Crippen molar-refractivity contribution in [2.45, 2.75) is 39.3 Å². The molecule has 1 fully saturated rings. The molecule has 1 aliphatic heterocycles. The summed E-state index contributed by atoms with van der Waals surface area (Å²) in [6, 6.07) is 14.0. The van der Waals surface area contributed by atoms with Crippen LogP contribution >= 0.6 is 0 Å². The molecule has 7 heteroatoms. The van der Waals surface area contributed by atoms with Gasteiger partial charge in [-0.3, -0.25) is 9.59 Å². The van der Waals surface area contributed by atoms with Crippen molar-refractivity contribution in [1.29, 1.82) is 0 Å². The molecule has 1 atom stereocenters. The number of halogens is 2. The predicted molar refractivity (Wildman–Crippen MR) is 106 cm³/mol. The fraction of sp³-hybridized carbons (Fsp3) is 0.364. The van der Waals surface area contributed by atoms with Crippen molar-refractivity contribution < 1.29 is 23.1 Å². The van der Waals surface area contributed by atoms with Crippen LogP contribution in [0.4, 0.5) is 14.5 Å². The lowest BCUT2D eigenvalue weighted by Crippen LogP contribution is -2.33. The van der Waals surface area contributed by atoms with Crippen LogP contribution in [0, 0.1) is 5.92 Å². The minimum atomic E-state index is -2.93. The molecule has 1 unspecified atom stereocenters. The summed E-state index contributed by atoms with van der Waals surface area (Å²) >= 11 is 0. The number of benzene rings is 2. The molecule has 29 heavy (non-hydrogen) atoms. The van der Waals surface area contributed by atoms with Crippen LogP contribution in [0.1, 0.15) is 31.4 Å². The number of carbonyl (C=O) groups excluding carboxylic acids is 2. The SMILES string of the molecule is CC(C)N1CC(C(=O)Nc2ccc(OC(F)F)c(Cc3ccccc3)c2)CC1=O. The van der Waals surface area contributed by atoms with Gasteiger partial charge in [0.1, 0.15) is 5.75 Å². The topological polar surface area (TPSA) is 58.6 Å². The third-order valence-corrected chi connectivity index (χ3v) is 4.93. The molecule has 1 N–H and O–H groups in total. The summed E-state index contributed by atoms with van der Waals surface area (Å²) in [4.78, 5) is 26.4. The van der Waals surface area contributed by atoms with E-state index in [9.17, 15) is 18.4 Å². The highest BCUT2D eigenvalue weighted by Gasteiger charge is 2.35. The lowest BCUT2D eigenvalue weighted by Gasteiger charge is -2.20. The van der Waals surface area contributed by atoms with Crippen LogP contribution in [-0.4, -0.2) is 35.9 Å². The Morgan fingerprint density at radius 2 is 1.93 bits per heavy atom. The van der Waals surface area contributed by atoms with Crippen molar-refractivity contribution in [3.63, 3.8) is 0 Å². The summed E-state index contributed by atoms with van der Waals surface area (Å²) in [6.45, 7) is 1.27. The maximum atomic E-state index is 12.8. The minimum Gasteiger partial charge on any atom is -0.435 e. The molecule has 5 nitrogen and oxygen atoms in total. The summed E-state index contributed by atoms with van der Waals surface area (Å²) in [5, 5.41) is 2.81. The highest BCUT2D eigenvalue weighted by molar-refractivity contribution is 5.97. The van der Waals surface area contributed by atoms with E-state index in [-0.39, 0.29) is 30.0 Å². The van der Waals surface area contributed by atoms with Crippen molar-refractivity contribution in [3.8, 4) is 5.75 Å². The molecule has 3 rings (SSSR count). The molecule has 1 aliphatic rings. The van der Waals surface area contributed by atoms with Crippen molar-refractivity contribution >= 4 is 17.5 Å². The summed E-state index contributed by atoms with van der Waals surface area (Å²) in [5.41, 5.74) is 1.96. The first-order valence-electron chi connectivity index (χ1n) is 9.55. The molecule has 1 heterocycles. The van der Waals surface area contributed by atoms with E-state index in [1.165, 1.54) is 12.1 Å². The third-order valence-electron chi connectivity index (χ3n) is 4.93. The van der Waals surface area contributed by atoms with E-state index in [1.54, 1.807) is 11.0 Å². The second-order valence-electron chi connectivity index (χ2n) is 7.39. The van der Waals surface area contributed by atoms with Gasteiger partial charge < -0.3 is 15.0 Å². The molecular formula is C22H24F2N2O3. The average molecular weight is 402 g/mol. The van der Waals surface area contributed by atoms with Gasteiger partial charge in [-0.2, -0.15) is 8.78 Å². The van der Waals surface area contributed by atoms with Crippen LogP contribution in [0.2, 0.25) is 0 Å². The van der Waals surface area contributed by atoms with Crippen molar-refractivity contribution in [3.05, 3.63) is 59.7 Å². The summed E-state index contributed by atoms with van der Waals surface area (Å²) in [7, 11) is 0. The normalized spacial score (nSPS) is 16.6. The fourth-order valence-electron chi connectivity index (χ4n) is 3.47. The Kier molecular flexibility index (Phi) is 6.46. The molecule has 2 amide bonds. The van der Waals surface area contributed by atoms with Crippen molar-refractivity contribution in [2.24, 2.45) is 5.92 Å². The highest BCUT2D eigenvalue weighted by atomic mass is 19.3. The number of hydrogen-bond acceptors (Lipinski definition) is 3. The van der Waals surface area contributed by atoms with E-state index in [0.29, 0.717) is 24.2 Å². The number of likely N-dealkylation sites (tertiary alicyclic amines) is 1. The second kappa shape index (κ2) is 9.03. The first-order chi connectivity index (χ1) is 13.8. The van der Waals surface area contributed by atoms with Crippen LogP contribution in [0.25, 0.3) is 0 Å². The molecule has 0 radical (unpaired) electrons. The standard InChI is InChI=1S/C22H24F2N2O3/c1-14(2)26-13-17(12-20(26)27)21(28)25-18-8-9-19(29-22(23)24)16(11-18)10-15-6-4-3-5-7-15/h3-9,11,14,17,22H,10,12-13H2,1-2H3,(H,25,28). The molecule has 0 bridgehead atoms. The van der Waals surface area contributed by atoms with E-state index in [1.807, 2.05) is 44.2 Å². The average Bonchev–Trinajstić information content (AvgIpc) is 3.06. The molecule has 2 aromatic carbocycles. The largest absolute Gasteiger partial charge is 0.435 e. The second-order valence-corrected chi connectivity index (χ2v) is 7.39. The number of anilines is 1. The zero-order valence-corrected chi connectivity index (χ0v) is 16.4. The van der Waals surface area contributed by atoms with Crippen LogP contribution < -0.4 is 10.1 Å². The quantitative estimate of drug-likeness (QED) is 0.759. The third kappa shape index (κ3) is 5.31. The van der Waals surface area contributed by atoms with Gasteiger partial charge in [-0.15, -0.1) is 0 Å². The van der Waals surface area contributed by atoms with Gasteiger partial charge in [-0.25, -0.2) is 0 Å². The molecule has 154 valence electrons. The van der Waals surface area contributed by atoms with Gasteiger partial charge >= 0.3 is 6.61 Å². The number of hydrogen-bond donors (Lipinski definition) is 1. The lowest BCUT2D eigenvalue weighted by molar-refractivity contribution is -0.129. The summed E-state index contributed by atoms with van der Waals surface area (Å²) in [5.74, 6) is -0.649. The first kappa shape index (κ1) is 20.8.